The summed E-state index contributed by atoms with van der Waals surface area (Å²) >= 11 is 0. The zero-order valence-corrected chi connectivity index (χ0v) is 15.1. The summed E-state index contributed by atoms with van der Waals surface area (Å²) in [6, 6.07) is 20.3. The molecule has 0 spiro atoms. The molecule has 0 aliphatic carbocycles. The van der Waals surface area contributed by atoms with Gasteiger partial charge in [-0.25, -0.2) is 5.43 Å². The van der Waals surface area contributed by atoms with Crippen molar-refractivity contribution in [1.29, 1.82) is 5.26 Å². The molecule has 0 bridgehead atoms. The average molecular weight is 362 g/mol. The molecule has 6 heteroatoms. The quantitative estimate of drug-likeness (QED) is 0.774. The van der Waals surface area contributed by atoms with Crippen molar-refractivity contribution >= 4 is 0 Å². The molecule has 138 valence electrons. The van der Waals surface area contributed by atoms with Gasteiger partial charge >= 0.3 is 0 Å². The van der Waals surface area contributed by atoms with E-state index >= 15 is 0 Å². The molecule has 4 unspecified atom stereocenters. The Bertz CT molecular complexity index is 873. The van der Waals surface area contributed by atoms with Crippen LogP contribution in [0.3, 0.4) is 0 Å². The number of hydrazine groups is 1. The van der Waals surface area contributed by atoms with Gasteiger partial charge in [0.15, 0.2) is 6.23 Å². The monoisotopic (exact) mass is 362 g/mol. The molecule has 0 saturated carbocycles. The number of nitrogens with two attached hydrogens (primary N) is 1. The Labute approximate surface area is 158 Å². The van der Waals surface area contributed by atoms with E-state index < -0.39 is 0 Å². The van der Waals surface area contributed by atoms with Gasteiger partial charge in [0, 0.05) is 17.9 Å². The fourth-order valence-electron chi connectivity index (χ4n) is 3.81. The van der Waals surface area contributed by atoms with E-state index in [1.807, 2.05) is 54.6 Å². The summed E-state index contributed by atoms with van der Waals surface area (Å²) in [5.74, 6) is 0.923. The highest BCUT2D eigenvalue weighted by Gasteiger charge is 2.46. The van der Waals surface area contributed by atoms with E-state index in [4.69, 9.17) is 15.2 Å². The van der Waals surface area contributed by atoms with E-state index in [0.717, 1.165) is 16.9 Å². The summed E-state index contributed by atoms with van der Waals surface area (Å²) in [7, 11) is 0. The normalized spacial score (nSPS) is 26.8. The maximum atomic E-state index is 9.63. The van der Waals surface area contributed by atoms with Crippen LogP contribution >= 0.6 is 0 Å². The lowest BCUT2D eigenvalue weighted by Gasteiger charge is -2.35. The summed E-state index contributed by atoms with van der Waals surface area (Å²) in [5, 5.41) is 9.63. The summed E-state index contributed by atoms with van der Waals surface area (Å²) in [6.07, 6.45) is -0.254. The third-order valence-electron chi connectivity index (χ3n) is 5.20. The lowest BCUT2D eigenvalue weighted by molar-refractivity contribution is 0.0351. The second kappa shape index (κ2) is 7.31. The third kappa shape index (κ3) is 3.35. The molecule has 0 radical (unpaired) electrons. The predicted octanol–water partition coefficient (Wildman–Crippen LogP) is 2.51. The van der Waals surface area contributed by atoms with Gasteiger partial charge in [0.2, 0.25) is 5.88 Å². The Kier molecular flexibility index (Phi) is 4.71. The van der Waals surface area contributed by atoms with Gasteiger partial charge in [-0.3, -0.25) is 5.43 Å². The maximum Gasteiger partial charge on any atom is 0.200 e. The molecule has 0 aromatic heterocycles. The number of hydrogen-bond acceptors (Lipinski definition) is 6. The van der Waals surface area contributed by atoms with Crippen LogP contribution in [-0.2, 0) is 11.3 Å². The second-order valence-corrected chi connectivity index (χ2v) is 6.90. The van der Waals surface area contributed by atoms with Crippen LogP contribution in [-0.4, -0.2) is 12.3 Å². The summed E-state index contributed by atoms with van der Waals surface area (Å²) in [4.78, 5) is 0. The van der Waals surface area contributed by atoms with Gasteiger partial charge in [0.1, 0.15) is 18.4 Å². The van der Waals surface area contributed by atoms with E-state index in [9.17, 15) is 5.26 Å². The molecule has 2 aromatic rings. The molecule has 0 amide bonds. The largest absolute Gasteiger partial charge is 0.489 e. The highest BCUT2D eigenvalue weighted by atomic mass is 16.5. The maximum absolute atomic E-state index is 9.63. The minimum Gasteiger partial charge on any atom is -0.489 e. The van der Waals surface area contributed by atoms with E-state index in [0.29, 0.717) is 12.2 Å². The number of nitrogens with one attached hydrogen (secondary N) is 2. The molecule has 6 nitrogen and oxygen atoms in total. The van der Waals surface area contributed by atoms with Crippen LogP contribution in [0.4, 0.5) is 0 Å². The summed E-state index contributed by atoms with van der Waals surface area (Å²) < 4.78 is 11.5. The topological polar surface area (TPSA) is 92.3 Å². The Balaban J connectivity index is 1.56. The first-order chi connectivity index (χ1) is 13.2. The van der Waals surface area contributed by atoms with Crippen LogP contribution < -0.4 is 21.3 Å². The van der Waals surface area contributed by atoms with E-state index in [1.54, 1.807) is 0 Å². The van der Waals surface area contributed by atoms with Gasteiger partial charge < -0.3 is 15.2 Å². The highest BCUT2D eigenvalue weighted by Crippen LogP contribution is 2.42. The fourth-order valence-corrected chi connectivity index (χ4v) is 3.81. The number of nitriles is 1. The van der Waals surface area contributed by atoms with Gasteiger partial charge in [-0.05, 0) is 30.2 Å². The Morgan fingerprint density at radius 3 is 2.56 bits per heavy atom. The van der Waals surface area contributed by atoms with Crippen LogP contribution in [0, 0.1) is 17.2 Å². The van der Waals surface area contributed by atoms with E-state index in [-0.39, 0.29) is 30.0 Å². The van der Waals surface area contributed by atoms with Gasteiger partial charge in [0.05, 0.1) is 5.57 Å². The van der Waals surface area contributed by atoms with Crippen molar-refractivity contribution < 1.29 is 9.47 Å². The van der Waals surface area contributed by atoms with Crippen LogP contribution in [0.15, 0.2) is 66.1 Å². The van der Waals surface area contributed by atoms with Crippen LogP contribution in [0.2, 0.25) is 0 Å². The average Bonchev–Trinajstić information content (AvgIpc) is 3.07. The van der Waals surface area contributed by atoms with Crippen molar-refractivity contribution in [3.63, 3.8) is 0 Å². The predicted molar refractivity (Wildman–Crippen MR) is 101 cm³/mol. The molecule has 1 fully saturated rings. The first-order valence-corrected chi connectivity index (χ1v) is 9.01. The molecule has 4 atom stereocenters. The van der Waals surface area contributed by atoms with E-state index in [2.05, 4.69) is 23.8 Å². The molecule has 2 aromatic carbocycles. The lowest BCUT2D eigenvalue weighted by atomic mass is 9.76. The molecular weight excluding hydrogens is 340 g/mol. The fraction of sp³-hybridized carbons (Fsp3) is 0.286. The Morgan fingerprint density at radius 1 is 1.11 bits per heavy atom. The third-order valence-corrected chi connectivity index (χ3v) is 5.20. The molecule has 27 heavy (non-hydrogen) atoms. The SMILES string of the molecule is CC1NNC2OC(N)=C(C#N)C(c3ccc(OCc4ccccc4)cc3)C12. The van der Waals surface area contributed by atoms with Crippen molar-refractivity contribution in [2.24, 2.45) is 11.7 Å². The standard InChI is InChI=1S/C21H22N4O2/c1-13-18-19(17(11-22)20(23)27-21(18)25-24-13)15-7-9-16(10-8-15)26-12-14-5-3-2-4-6-14/h2-10,13,18-19,21,24-25H,12,23H2,1H3. The van der Waals surface area contributed by atoms with Crippen molar-refractivity contribution in [2.75, 3.05) is 0 Å². The van der Waals surface area contributed by atoms with E-state index in [1.165, 1.54) is 0 Å². The zero-order valence-electron chi connectivity index (χ0n) is 15.1. The number of fused-ring (bicyclic) bond motifs is 1. The van der Waals surface area contributed by atoms with Gasteiger partial charge in [-0.1, -0.05) is 42.5 Å². The molecule has 2 aliphatic rings. The first-order valence-electron chi connectivity index (χ1n) is 9.01. The molecule has 4 N–H and O–H groups in total. The van der Waals surface area contributed by atoms with Gasteiger partial charge in [-0.15, -0.1) is 0 Å². The minimum atomic E-state index is -0.254. The smallest absolute Gasteiger partial charge is 0.200 e. The van der Waals surface area contributed by atoms with Crippen LogP contribution in [0.1, 0.15) is 24.0 Å². The lowest BCUT2D eigenvalue weighted by Crippen LogP contribution is -2.41. The number of ether oxygens (including phenoxy) is 2. The Hall–Kier alpha value is -3.01. The van der Waals surface area contributed by atoms with Gasteiger partial charge in [0.25, 0.3) is 0 Å². The second-order valence-electron chi connectivity index (χ2n) is 6.90. The van der Waals surface area contributed by atoms with Crippen molar-refractivity contribution in [2.45, 2.75) is 31.7 Å². The molecular formula is C21H22N4O2. The van der Waals surface area contributed by atoms with Gasteiger partial charge in [-0.2, -0.15) is 5.26 Å². The van der Waals surface area contributed by atoms with Crippen molar-refractivity contribution in [1.82, 2.24) is 10.9 Å². The van der Waals surface area contributed by atoms with Crippen molar-refractivity contribution in [3.8, 4) is 11.8 Å². The number of rotatable bonds is 4. The Morgan fingerprint density at radius 2 is 1.85 bits per heavy atom. The molecule has 2 aliphatic heterocycles. The zero-order chi connectivity index (χ0) is 18.8. The van der Waals surface area contributed by atoms with Crippen LogP contribution in [0.25, 0.3) is 0 Å². The summed E-state index contributed by atoms with van der Waals surface area (Å²) in [5.41, 5.74) is 14.9. The number of nitrogens with zero attached hydrogens (tertiary/aromatic N) is 1. The minimum absolute atomic E-state index is 0.0723. The van der Waals surface area contributed by atoms with Crippen LogP contribution in [0.5, 0.6) is 5.75 Å². The molecule has 2 heterocycles. The number of benzene rings is 2. The number of hydrogen-bond donors (Lipinski definition) is 3. The molecule has 4 rings (SSSR count). The first kappa shape index (κ1) is 17.4. The number of allylic oxidation sites excluding steroid dienone is 1. The summed E-state index contributed by atoms with van der Waals surface area (Å²) in [6.45, 7) is 2.59. The highest BCUT2D eigenvalue weighted by molar-refractivity contribution is 5.43. The molecule has 1 saturated heterocycles. The van der Waals surface area contributed by atoms with Crippen molar-refractivity contribution in [3.05, 3.63) is 77.2 Å².